The fraction of sp³-hybridized carbons (Fsp3) is 0.133. The molecule has 0 unspecified atom stereocenters. The summed E-state index contributed by atoms with van der Waals surface area (Å²) in [5, 5.41) is 23.6. The summed E-state index contributed by atoms with van der Waals surface area (Å²) >= 11 is 0. The molecule has 0 spiro atoms. The number of hydrogen-bond acceptors (Lipinski definition) is 8. The Bertz CT molecular complexity index is 1530. The lowest BCUT2D eigenvalue weighted by atomic mass is 10.1. The minimum atomic E-state index is -0.878. The smallest absolute Gasteiger partial charge is 0.264 e. The summed E-state index contributed by atoms with van der Waals surface area (Å²) in [6.07, 6.45) is 2.01. The van der Waals surface area contributed by atoms with Gasteiger partial charge in [-0.05, 0) is 41.5 Å². The van der Waals surface area contributed by atoms with Crippen molar-refractivity contribution in [3.8, 4) is 28.7 Å². The Hall–Kier alpha value is -5.27. The van der Waals surface area contributed by atoms with Crippen molar-refractivity contribution < 1.29 is 19.3 Å². The largest absolute Gasteiger partial charge is 0.457 e. The molecule has 1 amide bonds. The van der Waals surface area contributed by atoms with Gasteiger partial charge in [-0.1, -0.05) is 60.7 Å². The topological polar surface area (TPSA) is 137 Å². The molecule has 10 heteroatoms. The van der Waals surface area contributed by atoms with E-state index in [4.69, 9.17) is 10.5 Å². The summed E-state index contributed by atoms with van der Waals surface area (Å²) in [5.74, 6) is 1.64. The average molecular weight is 539 g/mol. The van der Waals surface area contributed by atoms with Crippen molar-refractivity contribution in [2.45, 2.75) is 12.1 Å². The maximum absolute atomic E-state index is 13.1. The Morgan fingerprint density at radius 1 is 1.00 bits per heavy atom. The summed E-state index contributed by atoms with van der Waals surface area (Å²) < 4.78 is 5.88. The first kappa shape index (κ1) is 27.8. The molecule has 0 saturated carbocycles. The number of carbonyl (C=O) groups is 1. The lowest BCUT2D eigenvalue weighted by molar-refractivity contribution is -0.126. The van der Waals surface area contributed by atoms with Gasteiger partial charge >= 0.3 is 0 Å². The standard InChI is InChI=1S/C30H26N6O3.FH/c31-16-22(15-20-7-3-1-4-8-20)30(38)36-17-25(26(37)18-36)35-29-27(28(32)33-19-34-29)21-11-13-24(14-12-21)39-23-9-5-2-6-10-23;/h1-15,19,25-26,37H,17-18H2,(H3,32,33,34,35);1H/b22-15-;/t25-,26+;/m1./s1. The molecule has 2 atom stereocenters. The molecular weight excluding hydrogens is 511 g/mol. The van der Waals surface area contributed by atoms with Gasteiger partial charge in [0.1, 0.15) is 41.1 Å². The number of nitrogen functional groups attached to an aromatic ring is 1. The molecule has 0 aliphatic carbocycles. The van der Waals surface area contributed by atoms with Gasteiger partial charge < -0.3 is 25.8 Å². The number of rotatable bonds is 7. The first-order valence-electron chi connectivity index (χ1n) is 12.4. The lowest BCUT2D eigenvalue weighted by Gasteiger charge is -2.20. The number of aliphatic hydroxyl groups is 1. The quantitative estimate of drug-likeness (QED) is 0.234. The number of nitrogens with zero attached hydrogens (tertiary/aromatic N) is 4. The number of benzene rings is 3. The Balaban J connectivity index is 0.00000370. The zero-order valence-electron chi connectivity index (χ0n) is 21.3. The fourth-order valence-corrected chi connectivity index (χ4v) is 4.41. The molecule has 40 heavy (non-hydrogen) atoms. The van der Waals surface area contributed by atoms with E-state index >= 15 is 0 Å². The predicted molar refractivity (Wildman–Crippen MR) is 151 cm³/mol. The normalized spacial score (nSPS) is 16.5. The second-order valence-corrected chi connectivity index (χ2v) is 9.03. The summed E-state index contributed by atoms with van der Waals surface area (Å²) in [6, 6.07) is 27.4. The minimum absolute atomic E-state index is 0. The van der Waals surface area contributed by atoms with Gasteiger partial charge in [-0.2, -0.15) is 5.26 Å². The van der Waals surface area contributed by atoms with Crippen molar-refractivity contribution in [3.63, 3.8) is 0 Å². The number of hydrogen-bond donors (Lipinski definition) is 3. The van der Waals surface area contributed by atoms with Crippen LogP contribution in [0.15, 0.2) is 96.8 Å². The van der Waals surface area contributed by atoms with Crippen LogP contribution in [0.3, 0.4) is 0 Å². The zero-order chi connectivity index (χ0) is 27.2. The van der Waals surface area contributed by atoms with Crippen LogP contribution in [-0.4, -0.2) is 51.1 Å². The number of amides is 1. The summed E-state index contributed by atoms with van der Waals surface area (Å²) in [6.45, 7) is 0.257. The Morgan fingerprint density at radius 3 is 2.33 bits per heavy atom. The number of anilines is 2. The SMILES string of the molecule is F.N#C/C(=C/c1ccccc1)C(=O)N1C[C@H](O)[C@H](Nc2ncnc(N)c2-c2ccc(Oc3ccccc3)cc2)C1. The van der Waals surface area contributed by atoms with Crippen LogP contribution < -0.4 is 15.8 Å². The number of nitrogens with two attached hydrogens (primary N) is 1. The molecule has 9 nitrogen and oxygen atoms in total. The van der Waals surface area contributed by atoms with E-state index in [0.29, 0.717) is 17.1 Å². The maximum Gasteiger partial charge on any atom is 0.264 e. The van der Waals surface area contributed by atoms with Crippen LogP contribution >= 0.6 is 0 Å². The fourth-order valence-electron chi connectivity index (χ4n) is 4.41. The molecule has 1 aliphatic rings. The van der Waals surface area contributed by atoms with Gasteiger partial charge in [-0.15, -0.1) is 0 Å². The average Bonchev–Trinajstić information content (AvgIpc) is 3.33. The highest BCUT2D eigenvalue weighted by Gasteiger charge is 2.36. The Labute approximate surface area is 230 Å². The number of carbonyl (C=O) groups excluding carboxylic acids is 1. The van der Waals surface area contributed by atoms with Crippen molar-refractivity contribution in [2.24, 2.45) is 0 Å². The Kier molecular flexibility index (Phi) is 8.69. The van der Waals surface area contributed by atoms with Crippen LogP contribution in [0, 0.1) is 11.3 Å². The van der Waals surface area contributed by atoms with Crippen LogP contribution in [0.2, 0.25) is 0 Å². The summed E-state index contributed by atoms with van der Waals surface area (Å²) in [7, 11) is 0. The van der Waals surface area contributed by atoms with Crippen LogP contribution in [0.1, 0.15) is 5.56 Å². The van der Waals surface area contributed by atoms with Crippen LogP contribution in [-0.2, 0) is 4.79 Å². The number of halogens is 1. The molecule has 4 N–H and O–H groups in total. The van der Waals surface area contributed by atoms with Crippen molar-refractivity contribution >= 4 is 23.6 Å². The van der Waals surface area contributed by atoms with Crippen molar-refractivity contribution in [1.82, 2.24) is 14.9 Å². The van der Waals surface area contributed by atoms with E-state index in [-0.39, 0.29) is 29.2 Å². The number of nitriles is 1. The monoisotopic (exact) mass is 538 g/mol. The van der Waals surface area contributed by atoms with Crippen molar-refractivity contribution in [2.75, 3.05) is 24.1 Å². The van der Waals surface area contributed by atoms with Crippen LogP contribution in [0.4, 0.5) is 16.3 Å². The third-order valence-electron chi connectivity index (χ3n) is 6.36. The van der Waals surface area contributed by atoms with Gasteiger partial charge in [0.25, 0.3) is 5.91 Å². The third kappa shape index (κ3) is 6.23. The first-order chi connectivity index (χ1) is 19.0. The van der Waals surface area contributed by atoms with E-state index in [0.717, 1.165) is 16.9 Å². The molecule has 202 valence electrons. The number of para-hydroxylation sites is 1. The number of nitrogens with one attached hydrogen (secondary N) is 1. The highest BCUT2D eigenvalue weighted by atomic mass is 19.0. The number of ether oxygens (including phenoxy) is 1. The number of aromatic nitrogens is 2. The second-order valence-electron chi connectivity index (χ2n) is 9.03. The van der Waals surface area contributed by atoms with Gasteiger partial charge in [-0.25, -0.2) is 9.97 Å². The maximum atomic E-state index is 13.1. The number of likely N-dealkylation sites (tertiary alicyclic amines) is 1. The van der Waals surface area contributed by atoms with Gasteiger partial charge in [-0.3, -0.25) is 9.50 Å². The van der Waals surface area contributed by atoms with Crippen molar-refractivity contribution in [1.29, 1.82) is 5.26 Å². The molecule has 1 saturated heterocycles. The van der Waals surface area contributed by atoms with E-state index < -0.39 is 18.1 Å². The van der Waals surface area contributed by atoms with E-state index in [1.807, 2.05) is 91.0 Å². The third-order valence-corrected chi connectivity index (χ3v) is 6.36. The highest BCUT2D eigenvalue weighted by molar-refractivity contribution is 6.02. The molecule has 5 rings (SSSR count). The van der Waals surface area contributed by atoms with Gasteiger partial charge in [0, 0.05) is 13.1 Å². The predicted octanol–water partition coefficient (Wildman–Crippen LogP) is 4.26. The van der Waals surface area contributed by atoms with Gasteiger partial charge in [0.15, 0.2) is 0 Å². The van der Waals surface area contributed by atoms with E-state index in [1.54, 1.807) is 6.08 Å². The molecule has 4 aromatic rings. The van der Waals surface area contributed by atoms with E-state index in [1.165, 1.54) is 11.2 Å². The first-order valence-corrected chi connectivity index (χ1v) is 12.4. The Morgan fingerprint density at radius 2 is 1.65 bits per heavy atom. The molecule has 1 aromatic heterocycles. The van der Waals surface area contributed by atoms with Crippen molar-refractivity contribution in [3.05, 3.63) is 102 Å². The molecular formula is C30H27FN6O3. The minimum Gasteiger partial charge on any atom is -0.457 e. The molecule has 0 bridgehead atoms. The molecule has 1 fully saturated rings. The summed E-state index contributed by atoms with van der Waals surface area (Å²) in [5.41, 5.74) is 8.31. The molecule has 0 radical (unpaired) electrons. The van der Waals surface area contributed by atoms with E-state index in [2.05, 4.69) is 15.3 Å². The van der Waals surface area contributed by atoms with Gasteiger partial charge in [0.05, 0.1) is 17.7 Å². The molecule has 2 heterocycles. The van der Waals surface area contributed by atoms with Crippen LogP contribution in [0.5, 0.6) is 11.5 Å². The highest BCUT2D eigenvalue weighted by Crippen LogP contribution is 2.33. The summed E-state index contributed by atoms with van der Waals surface area (Å²) in [4.78, 5) is 23.0. The number of β-amino-alcohol motifs (C(OH)–C–C–N with tert-alkyl or cyclic N) is 1. The second kappa shape index (κ2) is 12.5. The van der Waals surface area contributed by atoms with Crippen LogP contribution in [0.25, 0.3) is 17.2 Å². The molecule has 1 aliphatic heterocycles. The van der Waals surface area contributed by atoms with Gasteiger partial charge in [0.2, 0.25) is 0 Å². The lowest BCUT2D eigenvalue weighted by Crippen LogP contribution is -2.33. The zero-order valence-corrected chi connectivity index (χ0v) is 21.3. The molecule has 3 aromatic carbocycles. The van der Waals surface area contributed by atoms with E-state index in [9.17, 15) is 15.2 Å². The number of aliphatic hydroxyl groups excluding tert-OH is 1.